The van der Waals surface area contributed by atoms with Gasteiger partial charge in [-0.2, -0.15) is 0 Å². The van der Waals surface area contributed by atoms with Crippen LogP contribution in [0.5, 0.6) is 0 Å². The highest BCUT2D eigenvalue weighted by molar-refractivity contribution is 5.29. The average Bonchev–Trinajstić information content (AvgIpc) is 2.02. The minimum absolute atomic E-state index is 0.0339. The monoisotopic (exact) mass is 194 g/mol. The fourth-order valence-electron chi connectivity index (χ4n) is 0.911. The Morgan fingerprint density at radius 1 is 1.50 bits per heavy atom. The van der Waals surface area contributed by atoms with Crippen molar-refractivity contribution in [3.63, 3.8) is 0 Å². The van der Waals surface area contributed by atoms with Gasteiger partial charge < -0.3 is 11.1 Å². The summed E-state index contributed by atoms with van der Waals surface area (Å²) in [6.45, 7) is 7.96. The van der Waals surface area contributed by atoms with Crippen molar-refractivity contribution in [3.05, 3.63) is 18.0 Å². The van der Waals surface area contributed by atoms with Gasteiger partial charge in [0, 0.05) is 23.5 Å². The van der Waals surface area contributed by atoms with E-state index in [9.17, 15) is 0 Å². The zero-order valence-electron chi connectivity index (χ0n) is 9.20. The Labute approximate surface area is 85.0 Å². The molecule has 3 N–H and O–H groups in total. The smallest absolute Gasteiger partial charge is 0.223 e. The fourth-order valence-corrected chi connectivity index (χ4v) is 0.911. The van der Waals surface area contributed by atoms with Gasteiger partial charge in [0.05, 0.1) is 0 Å². The Morgan fingerprint density at radius 2 is 2.14 bits per heavy atom. The molecular weight excluding hydrogens is 176 g/mol. The van der Waals surface area contributed by atoms with Gasteiger partial charge in [-0.15, -0.1) is 0 Å². The molecule has 14 heavy (non-hydrogen) atoms. The highest BCUT2D eigenvalue weighted by Gasteiger charge is 2.23. The summed E-state index contributed by atoms with van der Waals surface area (Å²) in [7, 11) is 0. The zero-order valence-corrected chi connectivity index (χ0v) is 9.20. The second-order valence-corrected chi connectivity index (χ2v) is 4.16. The highest BCUT2D eigenvalue weighted by Crippen LogP contribution is 2.13. The standard InChI is InChI=1S/C10H18N4/c1-7-5-6-12-9(13-7)14-10(3,4)8(2)11/h5-6,8H,11H2,1-4H3,(H,12,13,14). The summed E-state index contributed by atoms with van der Waals surface area (Å²) in [5, 5.41) is 3.21. The summed E-state index contributed by atoms with van der Waals surface area (Å²) < 4.78 is 0. The van der Waals surface area contributed by atoms with Crippen molar-refractivity contribution in [2.24, 2.45) is 5.73 Å². The number of aromatic nitrogens is 2. The van der Waals surface area contributed by atoms with Crippen molar-refractivity contribution in [1.29, 1.82) is 0 Å². The normalized spacial score (nSPS) is 13.8. The summed E-state index contributed by atoms with van der Waals surface area (Å²) in [5.74, 6) is 0.632. The van der Waals surface area contributed by atoms with Crippen LogP contribution in [-0.2, 0) is 0 Å². The van der Waals surface area contributed by atoms with Gasteiger partial charge in [0.25, 0.3) is 0 Å². The molecule has 0 amide bonds. The molecule has 1 rings (SSSR count). The quantitative estimate of drug-likeness (QED) is 0.761. The molecule has 0 fully saturated rings. The lowest BCUT2D eigenvalue weighted by atomic mass is 9.97. The van der Waals surface area contributed by atoms with Gasteiger partial charge in [-0.25, -0.2) is 9.97 Å². The minimum atomic E-state index is -0.201. The van der Waals surface area contributed by atoms with Crippen LogP contribution in [0, 0.1) is 6.92 Å². The first kappa shape index (κ1) is 10.9. The van der Waals surface area contributed by atoms with E-state index in [4.69, 9.17) is 5.73 Å². The number of nitrogens with two attached hydrogens (primary N) is 1. The molecule has 0 spiro atoms. The van der Waals surface area contributed by atoms with Crippen molar-refractivity contribution in [1.82, 2.24) is 9.97 Å². The van der Waals surface area contributed by atoms with Gasteiger partial charge >= 0.3 is 0 Å². The van der Waals surface area contributed by atoms with E-state index < -0.39 is 0 Å². The van der Waals surface area contributed by atoms with Crippen LogP contribution in [-0.4, -0.2) is 21.5 Å². The summed E-state index contributed by atoms with van der Waals surface area (Å²) in [6, 6.07) is 1.90. The Morgan fingerprint density at radius 3 is 2.64 bits per heavy atom. The van der Waals surface area contributed by atoms with Gasteiger partial charge in [0.2, 0.25) is 5.95 Å². The average molecular weight is 194 g/mol. The molecule has 0 aliphatic rings. The van der Waals surface area contributed by atoms with Gasteiger partial charge in [-0.1, -0.05) is 0 Å². The second-order valence-electron chi connectivity index (χ2n) is 4.16. The van der Waals surface area contributed by atoms with Crippen molar-refractivity contribution >= 4 is 5.95 Å². The van der Waals surface area contributed by atoms with Crippen molar-refractivity contribution in [2.75, 3.05) is 5.32 Å². The lowest BCUT2D eigenvalue weighted by Gasteiger charge is -2.30. The molecular formula is C10H18N4. The SMILES string of the molecule is Cc1ccnc(NC(C)(C)C(C)N)n1. The van der Waals surface area contributed by atoms with E-state index in [1.165, 1.54) is 0 Å². The van der Waals surface area contributed by atoms with E-state index in [2.05, 4.69) is 15.3 Å². The number of rotatable bonds is 3. The predicted octanol–water partition coefficient (Wildman–Crippen LogP) is 1.32. The van der Waals surface area contributed by atoms with Crippen molar-refractivity contribution in [2.45, 2.75) is 39.3 Å². The first-order valence-electron chi connectivity index (χ1n) is 4.75. The Hall–Kier alpha value is -1.16. The maximum Gasteiger partial charge on any atom is 0.223 e. The van der Waals surface area contributed by atoms with Crippen LogP contribution in [0.1, 0.15) is 26.5 Å². The number of hydrogen-bond donors (Lipinski definition) is 2. The third-order valence-electron chi connectivity index (χ3n) is 2.37. The molecule has 78 valence electrons. The van der Waals surface area contributed by atoms with Gasteiger partial charge in [-0.05, 0) is 33.8 Å². The van der Waals surface area contributed by atoms with E-state index >= 15 is 0 Å². The molecule has 0 radical (unpaired) electrons. The number of aryl methyl sites for hydroxylation is 1. The first-order chi connectivity index (χ1) is 6.42. The molecule has 1 aromatic heterocycles. The van der Waals surface area contributed by atoms with Gasteiger partial charge in [0.15, 0.2) is 0 Å². The Bertz CT molecular complexity index is 307. The van der Waals surface area contributed by atoms with E-state index in [-0.39, 0.29) is 11.6 Å². The topological polar surface area (TPSA) is 63.8 Å². The number of nitrogens with zero attached hydrogens (tertiary/aromatic N) is 2. The second kappa shape index (κ2) is 3.92. The molecule has 0 saturated heterocycles. The summed E-state index contributed by atoms with van der Waals surface area (Å²) in [4.78, 5) is 8.39. The maximum absolute atomic E-state index is 5.84. The van der Waals surface area contributed by atoms with Crippen molar-refractivity contribution < 1.29 is 0 Å². The van der Waals surface area contributed by atoms with Crippen molar-refractivity contribution in [3.8, 4) is 0 Å². The maximum atomic E-state index is 5.84. The van der Waals surface area contributed by atoms with E-state index in [0.717, 1.165) is 5.69 Å². The fraction of sp³-hybridized carbons (Fsp3) is 0.600. The summed E-state index contributed by atoms with van der Waals surface area (Å²) in [5.41, 5.74) is 6.58. The third kappa shape index (κ3) is 2.67. The van der Waals surface area contributed by atoms with Gasteiger partial charge in [-0.3, -0.25) is 0 Å². The molecule has 4 nitrogen and oxygen atoms in total. The first-order valence-corrected chi connectivity index (χ1v) is 4.75. The van der Waals surface area contributed by atoms with Crippen LogP contribution in [0.2, 0.25) is 0 Å². The lowest BCUT2D eigenvalue weighted by Crippen LogP contribution is -2.47. The number of nitrogens with one attached hydrogen (secondary N) is 1. The summed E-state index contributed by atoms with van der Waals surface area (Å²) in [6.07, 6.45) is 1.74. The Kier molecular flexibility index (Phi) is 3.06. The molecule has 1 atom stereocenters. The summed E-state index contributed by atoms with van der Waals surface area (Å²) >= 11 is 0. The van der Waals surface area contributed by atoms with Gasteiger partial charge in [0.1, 0.15) is 0 Å². The van der Waals surface area contributed by atoms with Crippen LogP contribution < -0.4 is 11.1 Å². The molecule has 0 bridgehead atoms. The van der Waals surface area contributed by atoms with Crippen LogP contribution in [0.25, 0.3) is 0 Å². The zero-order chi connectivity index (χ0) is 10.8. The molecule has 0 aromatic carbocycles. The molecule has 0 aliphatic heterocycles. The molecule has 0 saturated carbocycles. The van der Waals surface area contributed by atoms with E-state index in [0.29, 0.717) is 5.95 Å². The highest BCUT2D eigenvalue weighted by atomic mass is 15.1. The molecule has 1 heterocycles. The van der Waals surface area contributed by atoms with Crippen LogP contribution >= 0.6 is 0 Å². The number of anilines is 1. The van der Waals surface area contributed by atoms with Crippen LogP contribution in [0.4, 0.5) is 5.95 Å². The number of hydrogen-bond acceptors (Lipinski definition) is 4. The third-order valence-corrected chi connectivity index (χ3v) is 2.37. The lowest BCUT2D eigenvalue weighted by molar-refractivity contribution is 0.467. The molecule has 0 aliphatic carbocycles. The Balaban J connectivity index is 2.78. The van der Waals surface area contributed by atoms with E-state index in [1.54, 1.807) is 6.20 Å². The predicted molar refractivity (Wildman–Crippen MR) is 58.1 cm³/mol. The van der Waals surface area contributed by atoms with E-state index in [1.807, 2.05) is 33.8 Å². The molecule has 1 aromatic rings. The van der Waals surface area contributed by atoms with Crippen LogP contribution in [0.15, 0.2) is 12.3 Å². The largest absolute Gasteiger partial charge is 0.348 e. The molecule has 4 heteroatoms. The minimum Gasteiger partial charge on any atom is -0.348 e. The van der Waals surface area contributed by atoms with Crippen LogP contribution in [0.3, 0.4) is 0 Å². The molecule has 1 unspecified atom stereocenters.